The van der Waals surface area contributed by atoms with Gasteiger partial charge in [0.2, 0.25) is 0 Å². The highest BCUT2D eigenvalue weighted by Gasteiger charge is 2.41. The Hall–Kier alpha value is -2.90. The average molecular weight is 1010 g/mol. The molecule has 0 aliphatic heterocycles. The maximum Gasteiger partial charge on any atom is 0.437 e. The van der Waals surface area contributed by atoms with Gasteiger partial charge < -0.3 is 10.9 Å². The number of hydrogen-bond donors (Lipinski definition) is 2. The molecule has 0 fully saturated rings. The first-order valence-corrected chi connectivity index (χ1v) is 19.0. The van der Waals surface area contributed by atoms with Crippen molar-refractivity contribution in [3.63, 3.8) is 0 Å². The Morgan fingerprint density at radius 2 is 0.879 bits per heavy atom. The lowest BCUT2D eigenvalue weighted by Gasteiger charge is -2.16. The Balaban J connectivity index is 0.000000260. The van der Waals surface area contributed by atoms with Crippen LogP contribution in [0.2, 0.25) is 51.0 Å². The van der Waals surface area contributed by atoms with Crippen molar-refractivity contribution in [1.29, 1.82) is 0 Å². The third kappa shape index (κ3) is 15.3. The molecule has 0 spiro atoms. The van der Waals surface area contributed by atoms with E-state index in [0.717, 1.165) is 12.4 Å². The zero-order chi connectivity index (χ0) is 43.5. The van der Waals surface area contributed by atoms with Crippen LogP contribution in [-0.4, -0.2) is 53.7 Å². The number of alkyl halides is 6. The Labute approximate surface area is 375 Å². The first-order valence-electron chi connectivity index (χ1n) is 15.2. The molecule has 3 heterocycles. The number of halogens is 16. The van der Waals surface area contributed by atoms with Crippen LogP contribution in [0.1, 0.15) is 48.4 Å². The standard InChI is InChI=1S/2C14H9Cl4F3N4.C4H2Cl2N2/c2*1-6(8-3-2-7(15)4-9(8)16)24-25-12(14(19,20)21)11-13(18)23-10(17)5-22-11;5-3-1-7-2-4(6)8-3/h2*2-6,24H,1H3;1-2H/b25-12+;25-12-;. The predicted molar refractivity (Wildman–Crippen MR) is 217 cm³/mol. The lowest BCUT2D eigenvalue weighted by molar-refractivity contribution is -0.0596. The van der Waals surface area contributed by atoms with Gasteiger partial charge in [0.15, 0.2) is 21.7 Å². The van der Waals surface area contributed by atoms with E-state index in [0.29, 0.717) is 41.5 Å². The first kappa shape index (κ1) is 49.5. The number of nitrogens with zero attached hydrogens (tertiary/aromatic N) is 8. The Morgan fingerprint density at radius 3 is 1.16 bits per heavy atom. The molecule has 0 aliphatic carbocycles. The van der Waals surface area contributed by atoms with Crippen molar-refractivity contribution >= 4 is 127 Å². The van der Waals surface area contributed by atoms with E-state index in [9.17, 15) is 26.3 Å². The van der Waals surface area contributed by atoms with E-state index in [4.69, 9.17) is 116 Å². The van der Waals surface area contributed by atoms with Gasteiger partial charge in [0.25, 0.3) is 0 Å². The van der Waals surface area contributed by atoms with Crippen molar-refractivity contribution in [1.82, 2.24) is 40.8 Å². The van der Waals surface area contributed by atoms with Gasteiger partial charge in [0, 0.05) is 20.1 Å². The topological polar surface area (TPSA) is 126 Å². The summed E-state index contributed by atoms with van der Waals surface area (Å²) < 4.78 is 79.8. The summed E-state index contributed by atoms with van der Waals surface area (Å²) in [5.41, 5.74) is 1.86. The van der Waals surface area contributed by atoms with Crippen LogP contribution in [-0.2, 0) is 0 Å². The third-order valence-electron chi connectivity index (χ3n) is 6.56. The largest absolute Gasteiger partial charge is 0.437 e. The quantitative estimate of drug-likeness (QED) is 0.0894. The first-order chi connectivity index (χ1) is 27.0. The zero-order valence-corrected chi connectivity index (χ0v) is 36.1. The molecule has 5 rings (SSSR count). The van der Waals surface area contributed by atoms with E-state index in [1.165, 1.54) is 24.5 Å². The van der Waals surface area contributed by atoms with Crippen LogP contribution in [0.15, 0.2) is 71.4 Å². The van der Waals surface area contributed by atoms with E-state index in [1.807, 2.05) is 0 Å². The highest BCUT2D eigenvalue weighted by molar-refractivity contribution is 6.37. The monoisotopic (exact) mass is 1010 g/mol. The summed E-state index contributed by atoms with van der Waals surface area (Å²) in [6, 6.07) is 7.98. The lowest BCUT2D eigenvalue weighted by atomic mass is 10.1. The molecule has 0 saturated heterocycles. The number of hydrazone groups is 2. The number of hydrogen-bond acceptors (Lipinski definition) is 10. The fourth-order valence-corrected chi connectivity index (χ4v) is 6.29. The molecule has 10 nitrogen and oxygen atoms in total. The normalized spacial score (nSPS) is 13.1. The molecule has 0 aliphatic rings. The number of aromatic nitrogens is 6. The molecule has 26 heteroatoms. The van der Waals surface area contributed by atoms with Crippen LogP contribution in [0.4, 0.5) is 26.3 Å². The lowest BCUT2D eigenvalue weighted by Crippen LogP contribution is -2.29. The second kappa shape index (κ2) is 22.1. The number of benzene rings is 2. The van der Waals surface area contributed by atoms with Gasteiger partial charge in [-0.25, -0.2) is 24.9 Å². The van der Waals surface area contributed by atoms with Crippen LogP contribution in [0.5, 0.6) is 0 Å². The smallest absolute Gasteiger partial charge is 0.302 e. The molecule has 0 saturated carbocycles. The predicted octanol–water partition coefficient (Wildman–Crippen LogP) is 13.2. The summed E-state index contributed by atoms with van der Waals surface area (Å²) in [4.78, 5) is 21.5. The van der Waals surface area contributed by atoms with Crippen molar-refractivity contribution in [3.05, 3.63) is 135 Å². The SMILES string of the molecule is CC(N/N=C(/c1ncc(Cl)nc1Cl)C(F)(F)F)c1ccc(Cl)cc1Cl.CC(N/N=C(\c1ncc(Cl)nc1Cl)C(F)(F)F)c1ccc(Cl)cc1Cl.Clc1cncc(Cl)n1. The molecule has 310 valence electrons. The van der Waals surface area contributed by atoms with Crippen molar-refractivity contribution < 1.29 is 26.3 Å². The fraction of sp³-hybridized carbons (Fsp3) is 0.188. The van der Waals surface area contributed by atoms with Gasteiger partial charge in [-0.15, -0.1) is 0 Å². The highest BCUT2D eigenvalue weighted by atomic mass is 35.5. The van der Waals surface area contributed by atoms with Crippen LogP contribution >= 0.6 is 116 Å². The molecular formula is C32H20Cl10F6N10. The second-order valence-electron chi connectivity index (χ2n) is 10.8. The maximum absolute atomic E-state index is 13.3. The molecular weight excluding hydrogens is 993 g/mol. The number of rotatable bonds is 8. The highest BCUT2D eigenvalue weighted by Crippen LogP contribution is 2.30. The van der Waals surface area contributed by atoms with E-state index in [2.05, 4.69) is 51.0 Å². The van der Waals surface area contributed by atoms with Crippen LogP contribution in [0.3, 0.4) is 0 Å². The molecule has 3 aromatic heterocycles. The third-order valence-corrected chi connectivity index (χ3v) is 8.94. The number of nitrogens with one attached hydrogen (secondary N) is 2. The average Bonchev–Trinajstić information content (AvgIpc) is 3.09. The minimum atomic E-state index is -4.82. The molecule has 2 N–H and O–H groups in total. The molecule has 0 amide bonds. The molecule has 0 bridgehead atoms. The van der Waals surface area contributed by atoms with Gasteiger partial charge in [-0.2, -0.15) is 36.5 Å². The van der Waals surface area contributed by atoms with Crippen molar-refractivity contribution in [2.75, 3.05) is 0 Å². The summed E-state index contributed by atoms with van der Waals surface area (Å²) >= 11 is 57.0. The molecule has 58 heavy (non-hydrogen) atoms. The molecule has 2 aromatic carbocycles. The minimum Gasteiger partial charge on any atom is -0.302 e. The van der Waals surface area contributed by atoms with Crippen LogP contribution < -0.4 is 10.9 Å². The maximum atomic E-state index is 13.3. The van der Waals surface area contributed by atoms with Crippen LogP contribution in [0.25, 0.3) is 0 Å². The Kier molecular flexibility index (Phi) is 18.8. The summed E-state index contributed by atoms with van der Waals surface area (Å²) in [5.74, 6) is 0. The summed E-state index contributed by atoms with van der Waals surface area (Å²) in [5, 5.41) is 7.57. The van der Waals surface area contributed by atoms with E-state index in [1.54, 1.807) is 38.1 Å². The van der Waals surface area contributed by atoms with E-state index >= 15 is 0 Å². The van der Waals surface area contributed by atoms with E-state index < -0.39 is 57.6 Å². The summed E-state index contributed by atoms with van der Waals surface area (Å²) in [6.07, 6.45) is -4.89. The van der Waals surface area contributed by atoms with Crippen molar-refractivity contribution in [2.24, 2.45) is 10.2 Å². The van der Waals surface area contributed by atoms with Gasteiger partial charge in [0.1, 0.15) is 32.0 Å². The Bertz CT molecular complexity index is 2110. The van der Waals surface area contributed by atoms with Gasteiger partial charge in [-0.1, -0.05) is 128 Å². The molecule has 5 aromatic rings. The Morgan fingerprint density at radius 1 is 0.534 bits per heavy atom. The van der Waals surface area contributed by atoms with Gasteiger partial charge in [0.05, 0.1) is 36.9 Å². The molecule has 0 radical (unpaired) electrons. The zero-order valence-electron chi connectivity index (χ0n) is 28.6. The molecule has 2 atom stereocenters. The summed E-state index contributed by atoms with van der Waals surface area (Å²) in [6.45, 7) is 3.17. The van der Waals surface area contributed by atoms with Crippen LogP contribution in [0, 0.1) is 0 Å². The van der Waals surface area contributed by atoms with E-state index in [-0.39, 0.29) is 10.3 Å². The summed E-state index contributed by atoms with van der Waals surface area (Å²) in [7, 11) is 0. The fourth-order valence-electron chi connectivity index (χ4n) is 4.00. The second-order valence-corrected chi connectivity index (χ2v) is 14.7. The van der Waals surface area contributed by atoms with Gasteiger partial charge in [-0.3, -0.25) is 4.98 Å². The van der Waals surface area contributed by atoms with Crippen molar-refractivity contribution in [2.45, 2.75) is 38.3 Å². The minimum absolute atomic E-state index is 0.135. The van der Waals surface area contributed by atoms with Crippen molar-refractivity contribution in [3.8, 4) is 0 Å². The van der Waals surface area contributed by atoms with Gasteiger partial charge >= 0.3 is 12.4 Å². The van der Waals surface area contributed by atoms with Gasteiger partial charge in [-0.05, 0) is 49.2 Å². The molecule has 2 unspecified atom stereocenters.